The summed E-state index contributed by atoms with van der Waals surface area (Å²) in [5, 5.41) is 31.3. The minimum atomic E-state index is -2.00. The summed E-state index contributed by atoms with van der Waals surface area (Å²) in [5.41, 5.74) is -4.83. The minimum Gasteiger partial charge on any atom is -0.390 e. The van der Waals surface area contributed by atoms with Crippen molar-refractivity contribution in [1.29, 1.82) is 0 Å². The topological polar surface area (TPSA) is 104 Å². The van der Waals surface area contributed by atoms with Crippen molar-refractivity contribution in [1.82, 2.24) is 0 Å². The number of hydrogen-bond acceptors (Lipinski definition) is 6. The highest BCUT2D eigenvalue weighted by molar-refractivity contribution is 6.01. The third-order valence-electron chi connectivity index (χ3n) is 8.66. The molecule has 0 aromatic heterocycles. The number of ketones is 2. The normalized spacial score (nSPS) is 54.0. The first-order valence-corrected chi connectivity index (χ1v) is 9.95. The fourth-order valence-corrected chi connectivity index (χ4v) is 7.35. The zero-order valence-corrected chi connectivity index (χ0v) is 15.7. The van der Waals surface area contributed by atoms with Crippen molar-refractivity contribution < 1.29 is 34.0 Å². The van der Waals surface area contributed by atoms with Gasteiger partial charge in [-0.1, -0.05) is 11.6 Å². The standard InChI is InChI=1S/C21H25FO6/c1-18-5-4-12(24)6-11(18)2-3-13-14-7-15(25)21(17(27)9-23)19(14,10-28-21)8-16(26)20(13,18)22/h4-6,13-16,23,25-26H,2-3,7-10H2,1H3/t13-,14-,15+,16-,18-,19+,20-,21-/m0/s1. The fourth-order valence-electron chi connectivity index (χ4n) is 7.35. The smallest absolute Gasteiger partial charge is 0.193 e. The van der Waals surface area contributed by atoms with E-state index in [4.69, 9.17) is 4.74 Å². The van der Waals surface area contributed by atoms with E-state index in [9.17, 15) is 24.9 Å². The van der Waals surface area contributed by atoms with Gasteiger partial charge in [-0.15, -0.1) is 0 Å². The number of allylic oxidation sites excluding steroid dienone is 4. The lowest BCUT2D eigenvalue weighted by molar-refractivity contribution is -0.314. The number of ether oxygens (including phenoxy) is 1. The Kier molecular flexibility index (Phi) is 3.58. The van der Waals surface area contributed by atoms with Gasteiger partial charge < -0.3 is 20.1 Å². The van der Waals surface area contributed by atoms with Crippen LogP contribution in [0.5, 0.6) is 0 Å². The summed E-state index contributed by atoms with van der Waals surface area (Å²) < 4.78 is 22.5. The highest BCUT2D eigenvalue weighted by atomic mass is 19.1. The van der Waals surface area contributed by atoms with Crippen LogP contribution >= 0.6 is 0 Å². The molecule has 1 saturated heterocycles. The number of aliphatic hydroxyl groups excluding tert-OH is 3. The molecular weight excluding hydrogens is 367 g/mol. The van der Waals surface area contributed by atoms with Gasteiger partial charge in [0.25, 0.3) is 0 Å². The number of fused-ring (bicyclic) bond motifs is 4. The summed E-state index contributed by atoms with van der Waals surface area (Å²) in [4.78, 5) is 24.4. The van der Waals surface area contributed by atoms with Gasteiger partial charge in [0.15, 0.2) is 22.8 Å². The highest BCUT2D eigenvalue weighted by Crippen LogP contribution is 2.73. The lowest BCUT2D eigenvalue weighted by atomic mass is 9.43. The van der Waals surface area contributed by atoms with Gasteiger partial charge in [-0.25, -0.2) is 4.39 Å². The summed E-state index contributed by atoms with van der Waals surface area (Å²) >= 11 is 0. The van der Waals surface area contributed by atoms with Crippen LogP contribution in [0.15, 0.2) is 23.8 Å². The molecule has 4 aliphatic carbocycles. The van der Waals surface area contributed by atoms with Gasteiger partial charge in [-0.2, -0.15) is 0 Å². The molecular formula is C21H25FO6. The predicted molar refractivity (Wildman–Crippen MR) is 94.8 cm³/mol. The summed E-state index contributed by atoms with van der Waals surface area (Å²) in [6, 6.07) is 0. The molecule has 0 amide bonds. The van der Waals surface area contributed by atoms with Crippen LogP contribution < -0.4 is 0 Å². The van der Waals surface area contributed by atoms with Crippen molar-refractivity contribution in [3.8, 4) is 0 Å². The largest absolute Gasteiger partial charge is 0.390 e. The van der Waals surface area contributed by atoms with Gasteiger partial charge >= 0.3 is 0 Å². The second kappa shape index (κ2) is 5.39. The Bertz CT molecular complexity index is 837. The maximum Gasteiger partial charge on any atom is 0.193 e. The Morgan fingerprint density at radius 3 is 2.71 bits per heavy atom. The van der Waals surface area contributed by atoms with Crippen molar-refractivity contribution in [2.45, 2.75) is 56.1 Å². The molecule has 3 saturated carbocycles. The maximum atomic E-state index is 16.8. The van der Waals surface area contributed by atoms with Gasteiger partial charge in [0.2, 0.25) is 0 Å². The molecule has 6 nitrogen and oxygen atoms in total. The summed E-state index contributed by atoms with van der Waals surface area (Å²) in [6.45, 7) is 1.13. The van der Waals surface area contributed by atoms with E-state index < -0.39 is 52.6 Å². The van der Waals surface area contributed by atoms with Crippen LogP contribution in [0, 0.1) is 22.7 Å². The third-order valence-corrected chi connectivity index (χ3v) is 8.66. The molecule has 0 unspecified atom stereocenters. The summed E-state index contributed by atoms with van der Waals surface area (Å²) in [5.74, 6) is -1.70. The van der Waals surface area contributed by atoms with E-state index in [1.165, 1.54) is 12.2 Å². The second-order valence-corrected chi connectivity index (χ2v) is 9.36. The molecule has 28 heavy (non-hydrogen) atoms. The number of aliphatic hydroxyl groups is 3. The number of Topliss-reactive ketones (excluding diaryl/α,β-unsaturated/α-hetero) is 1. The monoisotopic (exact) mass is 392 g/mol. The van der Waals surface area contributed by atoms with Crippen LogP contribution in [0.2, 0.25) is 0 Å². The molecule has 152 valence electrons. The van der Waals surface area contributed by atoms with Crippen molar-refractivity contribution in [2.75, 3.05) is 13.2 Å². The average Bonchev–Trinajstić information content (AvgIpc) is 2.80. The number of carbonyl (C=O) groups is 2. The van der Waals surface area contributed by atoms with Crippen molar-refractivity contribution in [3.05, 3.63) is 23.8 Å². The predicted octanol–water partition coefficient (Wildman–Crippen LogP) is 0.639. The molecule has 5 rings (SSSR count). The Morgan fingerprint density at radius 1 is 1.32 bits per heavy atom. The fraction of sp³-hybridized carbons (Fsp3) is 0.714. The van der Waals surface area contributed by atoms with Gasteiger partial charge in [0, 0.05) is 16.7 Å². The van der Waals surface area contributed by atoms with E-state index in [0.717, 1.165) is 0 Å². The first-order valence-electron chi connectivity index (χ1n) is 9.95. The van der Waals surface area contributed by atoms with Crippen LogP contribution in [-0.4, -0.2) is 63.6 Å². The maximum absolute atomic E-state index is 16.8. The van der Waals surface area contributed by atoms with E-state index in [0.29, 0.717) is 18.4 Å². The molecule has 0 aromatic carbocycles. The lowest BCUT2D eigenvalue weighted by Gasteiger charge is -2.66. The molecule has 1 spiro atoms. The molecule has 8 atom stereocenters. The van der Waals surface area contributed by atoms with Crippen LogP contribution in [0.4, 0.5) is 4.39 Å². The van der Waals surface area contributed by atoms with Crippen LogP contribution in [0.1, 0.15) is 32.6 Å². The minimum absolute atomic E-state index is 0.0158. The highest BCUT2D eigenvalue weighted by Gasteiger charge is 2.82. The van der Waals surface area contributed by atoms with Gasteiger partial charge in [-0.05, 0) is 50.7 Å². The van der Waals surface area contributed by atoms with Crippen molar-refractivity contribution >= 4 is 11.6 Å². The number of hydrogen-bond donors (Lipinski definition) is 3. The molecule has 5 aliphatic rings. The molecule has 7 heteroatoms. The van der Waals surface area contributed by atoms with Crippen LogP contribution in [0.25, 0.3) is 0 Å². The molecule has 4 fully saturated rings. The number of carbonyl (C=O) groups excluding carboxylic acids is 2. The summed E-state index contributed by atoms with van der Waals surface area (Å²) in [7, 11) is 0. The molecule has 0 radical (unpaired) electrons. The van der Waals surface area contributed by atoms with Crippen LogP contribution in [-0.2, 0) is 14.3 Å². The first-order chi connectivity index (χ1) is 13.2. The summed E-state index contributed by atoms with van der Waals surface area (Å²) in [6.07, 6.45) is 3.05. The Labute approximate surface area is 162 Å². The molecule has 1 aliphatic heterocycles. The zero-order chi connectivity index (χ0) is 20.1. The van der Waals surface area contributed by atoms with Gasteiger partial charge in [0.1, 0.15) is 6.61 Å². The Hall–Kier alpha value is -1.41. The van der Waals surface area contributed by atoms with Gasteiger partial charge in [-0.3, -0.25) is 9.59 Å². The van der Waals surface area contributed by atoms with E-state index in [-0.39, 0.29) is 31.1 Å². The van der Waals surface area contributed by atoms with Crippen molar-refractivity contribution in [2.24, 2.45) is 22.7 Å². The van der Waals surface area contributed by atoms with E-state index in [1.807, 2.05) is 0 Å². The van der Waals surface area contributed by atoms with E-state index in [1.54, 1.807) is 13.0 Å². The SMILES string of the molecule is C[C@]12C=CC(=O)C=C1CC[C@H]1[C@@H]3C[C@@H](O)[C@@]4(C(=O)CO)OC[C@]34C[C@H](O)[C@@]12F. The zero-order valence-electron chi connectivity index (χ0n) is 15.7. The van der Waals surface area contributed by atoms with E-state index in [2.05, 4.69) is 0 Å². The quantitative estimate of drug-likeness (QED) is 0.637. The second-order valence-electron chi connectivity index (χ2n) is 9.36. The van der Waals surface area contributed by atoms with Gasteiger partial charge in [0.05, 0.1) is 18.8 Å². The molecule has 0 aromatic rings. The Morgan fingerprint density at radius 2 is 2.07 bits per heavy atom. The average molecular weight is 392 g/mol. The number of alkyl halides is 1. The van der Waals surface area contributed by atoms with Crippen LogP contribution in [0.3, 0.4) is 0 Å². The Balaban J connectivity index is 1.63. The lowest BCUT2D eigenvalue weighted by Crippen LogP contribution is -2.77. The third kappa shape index (κ3) is 1.70. The number of halogens is 1. The van der Waals surface area contributed by atoms with Crippen molar-refractivity contribution in [3.63, 3.8) is 0 Å². The number of rotatable bonds is 2. The van der Waals surface area contributed by atoms with E-state index >= 15 is 4.39 Å². The first kappa shape index (κ1) is 18.6. The molecule has 3 N–H and O–H groups in total. The molecule has 1 heterocycles. The molecule has 0 bridgehead atoms.